The van der Waals surface area contributed by atoms with Crippen LogP contribution in [0, 0.1) is 0 Å². The van der Waals surface area contributed by atoms with Crippen LogP contribution in [0.1, 0.15) is 26.5 Å². The lowest BCUT2D eigenvalue weighted by atomic mass is 9.93. The largest absolute Gasteiger partial charge is 0.366 e. The van der Waals surface area contributed by atoms with Gasteiger partial charge in [0.05, 0.1) is 10.6 Å². The van der Waals surface area contributed by atoms with Crippen molar-refractivity contribution in [1.82, 2.24) is 24.3 Å². The first-order valence-electron chi connectivity index (χ1n) is 8.45. The highest BCUT2D eigenvalue weighted by atomic mass is 32.2. The van der Waals surface area contributed by atoms with Crippen LogP contribution in [0.3, 0.4) is 0 Å². The summed E-state index contributed by atoms with van der Waals surface area (Å²) in [4.78, 5) is 16.7. The number of rotatable bonds is 6. The molecule has 0 atom stereocenters. The molecule has 3 N–H and O–H groups in total. The van der Waals surface area contributed by atoms with Crippen LogP contribution < -0.4 is 15.7 Å². The molecule has 0 amide bonds. The minimum absolute atomic E-state index is 0.152. The number of sulfonamides is 1. The number of aromatic nitrogens is 4. The zero-order chi connectivity index (χ0) is 19.7. The van der Waals surface area contributed by atoms with Crippen molar-refractivity contribution < 1.29 is 8.42 Å². The molecule has 0 radical (unpaired) electrons. The van der Waals surface area contributed by atoms with Gasteiger partial charge in [-0.2, -0.15) is 0 Å². The predicted molar refractivity (Wildman–Crippen MR) is 102 cm³/mol. The van der Waals surface area contributed by atoms with Crippen molar-refractivity contribution in [3.63, 3.8) is 0 Å². The molecular formula is C17H22N6O3S. The lowest BCUT2D eigenvalue weighted by Gasteiger charge is -2.19. The Hall–Kier alpha value is -2.72. The van der Waals surface area contributed by atoms with Gasteiger partial charge in [0.2, 0.25) is 15.7 Å². The summed E-state index contributed by atoms with van der Waals surface area (Å²) in [5, 5.41) is 9.43. The topological polar surface area (TPSA) is 121 Å². The molecule has 2 heterocycles. The second-order valence-electron chi connectivity index (χ2n) is 7.08. The lowest BCUT2D eigenvalue weighted by Crippen LogP contribution is -2.29. The van der Waals surface area contributed by atoms with Gasteiger partial charge in [-0.05, 0) is 12.1 Å². The van der Waals surface area contributed by atoms with Gasteiger partial charge in [-0.15, -0.1) is 5.10 Å². The Labute approximate surface area is 156 Å². The third-order valence-corrected chi connectivity index (χ3v) is 5.41. The highest BCUT2D eigenvalue weighted by Crippen LogP contribution is 2.22. The molecule has 144 valence electrons. The molecule has 0 saturated heterocycles. The first-order valence-corrected chi connectivity index (χ1v) is 9.94. The molecule has 2 aromatic heterocycles. The third-order valence-electron chi connectivity index (χ3n) is 3.93. The van der Waals surface area contributed by atoms with Gasteiger partial charge in [0.25, 0.3) is 0 Å². The summed E-state index contributed by atoms with van der Waals surface area (Å²) in [6, 6.07) is 8.15. The van der Waals surface area contributed by atoms with Gasteiger partial charge in [0.15, 0.2) is 5.82 Å². The average molecular weight is 390 g/mol. The van der Waals surface area contributed by atoms with Crippen LogP contribution in [0.4, 0.5) is 5.82 Å². The van der Waals surface area contributed by atoms with Gasteiger partial charge in [0.1, 0.15) is 0 Å². The van der Waals surface area contributed by atoms with Crippen LogP contribution in [0.2, 0.25) is 0 Å². The van der Waals surface area contributed by atoms with Crippen LogP contribution in [0.5, 0.6) is 0 Å². The van der Waals surface area contributed by atoms with Crippen molar-refractivity contribution >= 4 is 21.5 Å². The van der Waals surface area contributed by atoms with Gasteiger partial charge in [0, 0.05) is 24.7 Å². The number of anilines is 1. The van der Waals surface area contributed by atoms with E-state index in [2.05, 4.69) is 25.2 Å². The summed E-state index contributed by atoms with van der Waals surface area (Å²) < 4.78 is 28.4. The molecule has 0 saturated carbocycles. The van der Waals surface area contributed by atoms with Crippen LogP contribution in [-0.4, -0.2) is 41.1 Å². The molecule has 0 aliphatic rings. The fraction of sp³-hybridized carbons (Fsp3) is 0.353. The highest BCUT2D eigenvalue weighted by Gasteiger charge is 2.20. The molecule has 1 aromatic carbocycles. The van der Waals surface area contributed by atoms with Crippen molar-refractivity contribution in [2.45, 2.75) is 31.1 Å². The number of nitrogens with zero attached hydrogens (tertiary/aromatic N) is 3. The van der Waals surface area contributed by atoms with Crippen molar-refractivity contribution in [2.75, 3.05) is 18.4 Å². The number of benzene rings is 1. The summed E-state index contributed by atoms with van der Waals surface area (Å²) >= 11 is 0. The molecule has 3 aromatic rings. The molecule has 9 nitrogen and oxygen atoms in total. The normalized spacial score (nSPS) is 12.4. The van der Waals surface area contributed by atoms with Crippen LogP contribution in [0.15, 0.2) is 46.2 Å². The molecule has 0 aliphatic carbocycles. The smallest absolute Gasteiger partial charge is 0.347 e. The van der Waals surface area contributed by atoms with Gasteiger partial charge in [-0.3, -0.25) is 0 Å². The standard InChI is InChI=1S/C17H22N6O3S/c1-17(2,3)13-11-23-15(21-22-16(23)24)14(20-13)18-9-10-19-27(25,26)12-7-5-4-6-8-12/h4-8,11,19H,9-10H2,1-3H3,(H,18,20)(H,22,24). The van der Waals surface area contributed by atoms with Crippen molar-refractivity contribution in [2.24, 2.45) is 0 Å². The number of H-pyrrole nitrogens is 1. The Kier molecular flexibility index (Phi) is 5.03. The molecule has 27 heavy (non-hydrogen) atoms. The second-order valence-corrected chi connectivity index (χ2v) is 8.85. The molecule has 0 unspecified atom stereocenters. The molecular weight excluding hydrogens is 368 g/mol. The van der Waals surface area contributed by atoms with Crippen LogP contribution >= 0.6 is 0 Å². The first kappa shape index (κ1) is 19.1. The molecule has 0 spiro atoms. The minimum Gasteiger partial charge on any atom is -0.366 e. The van der Waals surface area contributed by atoms with Crippen LogP contribution in [-0.2, 0) is 15.4 Å². The predicted octanol–water partition coefficient (Wildman–Crippen LogP) is 1.11. The van der Waals surface area contributed by atoms with E-state index in [1.165, 1.54) is 16.5 Å². The number of hydrogen-bond acceptors (Lipinski definition) is 6. The molecule has 10 heteroatoms. The number of fused-ring (bicyclic) bond motifs is 1. The minimum atomic E-state index is -3.57. The number of nitrogens with one attached hydrogen (secondary N) is 3. The molecule has 0 fully saturated rings. The van der Waals surface area contributed by atoms with E-state index in [1.807, 2.05) is 20.8 Å². The Bertz CT molecular complexity index is 1100. The Morgan fingerprint density at radius 3 is 2.52 bits per heavy atom. The van der Waals surface area contributed by atoms with E-state index in [0.29, 0.717) is 17.2 Å². The Morgan fingerprint density at radius 1 is 1.15 bits per heavy atom. The molecule has 0 bridgehead atoms. The second kappa shape index (κ2) is 7.12. The third kappa shape index (κ3) is 4.17. The van der Waals surface area contributed by atoms with E-state index < -0.39 is 10.0 Å². The fourth-order valence-electron chi connectivity index (χ4n) is 2.44. The van der Waals surface area contributed by atoms with Crippen molar-refractivity contribution in [3.8, 4) is 0 Å². The Morgan fingerprint density at radius 2 is 1.85 bits per heavy atom. The van der Waals surface area contributed by atoms with E-state index in [0.717, 1.165) is 0 Å². The highest BCUT2D eigenvalue weighted by molar-refractivity contribution is 7.89. The van der Waals surface area contributed by atoms with Crippen LogP contribution in [0.25, 0.3) is 5.65 Å². The van der Waals surface area contributed by atoms with Gasteiger partial charge < -0.3 is 5.32 Å². The van der Waals surface area contributed by atoms with Crippen molar-refractivity contribution in [3.05, 3.63) is 52.7 Å². The maximum Gasteiger partial charge on any atom is 0.347 e. The van der Waals surface area contributed by atoms with E-state index in [1.54, 1.807) is 24.4 Å². The first-order chi connectivity index (χ1) is 12.7. The maximum absolute atomic E-state index is 12.2. The summed E-state index contributed by atoms with van der Waals surface area (Å²) in [7, 11) is -3.57. The average Bonchev–Trinajstić information content (AvgIpc) is 3.00. The maximum atomic E-state index is 12.2. The van der Waals surface area contributed by atoms with Gasteiger partial charge in [-0.25, -0.2) is 32.4 Å². The lowest BCUT2D eigenvalue weighted by molar-refractivity contribution is 0.565. The quantitative estimate of drug-likeness (QED) is 0.542. The summed E-state index contributed by atoms with van der Waals surface area (Å²) in [5.74, 6) is 0.416. The number of hydrogen-bond donors (Lipinski definition) is 3. The van der Waals surface area contributed by atoms with E-state index >= 15 is 0 Å². The SMILES string of the molecule is CC(C)(C)c1cn2c(=O)[nH]nc2c(NCCNS(=O)(=O)c2ccccc2)n1. The summed E-state index contributed by atoms with van der Waals surface area (Å²) in [5.41, 5.74) is 0.450. The zero-order valence-electron chi connectivity index (χ0n) is 15.4. The molecule has 0 aliphatic heterocycles. The molecule has 3 rings (SSSR count). The number of aromatic amines is 1. The van der Waals surface area contributed by atoms with E-state index in [9.17, 15) is 13.2 Å². The van der Waals surface area contributed by atoms with Gasteiger partial charge in [-0.1, -0.05) is 39.0 Å². The van der Waals surface area contributed by atoms with Gasteiger partial charge >= 0.3 is 5.69 Å². The van der Waals surface area contributed by atoms with E-state index in [-0.39, 0.29) is 29.1 Å². The Balaban J connectivity index is 1.75. The monoisotopic (exact) mass is 390 g/mol. The summed E-state index contributed by atoms with van der Waals surface area (Å²) in [6.07, 6.45) is 1.66. The van der Waals surface area contributed by atoms with Crippen molar-refractivity contribution in [1.29, 1.82) is 0 Å². The summed E-state index contributed by atoms with van der Waals surface area (Å²) in [6.45, 7) is 6.40. The zero-order valence-corrected chi connectivity index (χ0v) is 16.2. The van der Waals surface area contributed by atoms with E-state index in [4.69, 9.17) is 0 Å². The fourth-order valence-corrected chi connectivity index (χ4v) is 3.50.